The van der Waals surface area contributed by atoms with Crippen LogP contribution in [-0.4, -0.2) is 21.3 Å². The van der Waals surface area contributed by atoms with Crippen LogP contribution in [0, 0.1) is 0 Å². The van der Waals surface area contributed by atoms with Gasteiger partial charge in [0.25, 0.3) is 0 Å². The molecular formula is C16H20N2O2. The molecule has 0 aliphatic carbocycles. The molecule has 2 rings (SSSR count). The first-order chi connectivity index (χ1) is 9.63. The maximum Gasteiger partial charge on any atom is 0.127 e. The summed E-state index contributed by atoms with van der Waals surface area (Å²) in [5, 5.41) is 0. The molecule has 2 aromatic rings. The van der Waals surface area contributed by atoms with Crippen molar-refractivity contribution < 1.29 is 9.47 Å². The van der Waals surface area contributed by atoms with Crippen molar-refractivity contribution in [1.82, 2.24) is 0 Å². The number of nitrogens with two attached hydrogens (primary N) is 1. The van der Waals surface area contributed by atoms with Crippen molar-refractivity contribution in [2.45, 2.75) is 6.54 Å². The minimum Gasteiger partial charge on any atom is -0.497 e. The van der Waals surface area contributed by atoms with Gasteiger partial charge in [0, 0.05) is 36.6 Å². The Morgan fingerprint density at radius 2 is 1.85 bits per heavy atom. The van der Waals surface area contributed by atoms with E-state index in [1.54, 1.807) is 14.2 Å². The van der Waals surface area contributed by atoms with Crippen molar-refractivity contribution in [3.63, 3.8) is 0 Å². The lowest BCUT2D eigenvalue weighted by atomic mass is 10.1. The highest BCUT2D eigenvalue weighted by Crippen LogP contribution is 2.27. The van der Waals surface area contributed by atoms with Crippen molar-refractivity contribution in [3.8, 4) is 11.5 Å². The number of nitrogens with zero attached hydrogens (tertiary/aromatic N) is 1. The first-order valence-electron chi connectivity index (χ1n) is 6.41. The van der Waals surface area contributed by atoms with Gasteiger partial charge >= 0.3 is 0 Å². The van der Waals surface area contributed by atoms with Gasteiger partial charge < -0.3 is 20.1 Å². The quantitative estimate of drug-likeness (QED) is 0.850. The van der Waals surface area contributed by atoms with Crippen molar-refractivity contribution in [1.29, 1.82) is 0 Å². The molecule has 20 heavy (non-hydrogen) atoms. The summed E-state index contributed by atoms with van der Waals surface area (Å²) in [6, 6.07) is 13.7. The van der Waals surface area contributed by atoms with Crippen LogP contribution in [0.5, 0.6) is 11.5 Å². The number of hydrogen-bond acceptors (Lipinski definition) is 4. The Balaban J connectivity index is 2.21. The fraction of sp³-hybridized carbons (Fsp3) is 0.250. The molecule has 0 amide bonds. The van der Waals surface area contributed by atoms with Gasteiger partial charge in [0.05, 0.1) is 14.2 Å². The van der Waals surface area contributed by atoms with E-state index in [4.69, 9.17) is 15.2 Å². The SMILES string of the molecule is COc1ccc(CN(C)c2cccc(N)c2)c(OC)c1. The molecule has 0 heterocycles. The molecule has 2 aromatic carbocycles. The van der Waals surface area contributed by atoms with Gasteiger partial charge in [-0.2, -0.15) is 0 Å². The number of benzene rings is 2. The minimum absolute atomic E-state index is 0.733. The molecule has 0 atom stereocenters. The Morgan fingerprint density at radius 3 is 2.50 bits per heavy atom. The molecule has 2 N–H and O–H groups in total. The lowest BCUT2D eigenvalue weighted by Gasteiger charge is -2.21. The normalized spacial score (nSPS) is 10.2. The molecule has 0 radical (unpaired) electrons. The van der Waals surface area contributed by atoms with Crippen LogP contribution in [0.1, 0.15) is 5.56 Å². The minimum atomic E-state index is 0.733. The van der Waals surface area contributed by atoms with Crippen LogP contribution >= 0.6 is 0 Å². The van der Waals surface area contributed by atoms with Crippen LogP contribution < -0.4 is 20.1 Å². The average molecular weight is 272 g/mol. The maximum absolute atomic E-state index is 5.82. The molecule has 0 saturated heterocycles. The van der Waals surface area contributed by atoms with E-state index in [-0.39, 0.29) is 0 Å². The van der Waals surface area contributed by atoms with E-state index < -0.39 is 0 Å². The van der Waals surface area contributed by atoms with E-state index in [9.17, 15) is 0 Å². The van der Waals surface area contributed by atoms with Crippen LogP contribution in [0.4, 0.5) is 11.4 Å². The zero-order chi connectivity index (χ0) is 14.5. The van der Waals surface area contributed by atoms with Crippen molar-refractivity contribution in [2.75, 3.05) is 31.9 Å². The third-order valence-corrected chi connectivity index (χ3v) is 3.21. The lowest BCUT2D eigenvalue weighted by Crippen LogP contribution is -2.17. The van der Waals surface area contributed by atoms with Gasteiger partial charge in [-0.15, -0.1) is 0 Å². The molecule has 0 aliphatic rings. The summed E-state index contributed by atoms with van der Waals surface area (Å²) in [4.78, 5) is 2.13. The molecular weight excluding hydrogens is 252 g/mol. The first-order valence-corrected chi connectivity index (χ1v) is 6.41. The average Bonchev–Trinajstić information content (AvgIpc) is 2.47. The fourth-order valence-corrected chi connectivity index (χ4v) is 2.09. The number of hydrogen-bond donors (Lipinski definition) is 1. The molecule has 4 nitrogen and oxygen atoms in total. The van der Waals surface area contributed by atoms with Crippen LogP contribution in [0.15, 0.2) is 42.5 Å². The second-order valence-corrected chi connectivity index (χ2v) is 4.63. The number of anilines is 2. The summed E-state index contributed by atoms with van der Waals surface area (Å²) >= 11 is 0. The maximum atomic E-state index is 5.82. The highest BCUT2D eigenvalue weighted by molar-refractivity contribution is 5.56. The van der Waals surface area contributed by atoms with Crippen LogP contribution in [-0.2, 0) is 6.54 Å². The van der Waals surface area contributed by atoms with Crippen LogP contribution in [0.3, 0.4) is 0 Å². The van der Waals surface area contributed by atoms with Gasteiger partial charge in [-0.1, -0.05) is 6.07 Å². The highest BCUT2D eigenvalue weighted by Gasteiger charge is 2.08. The van der Waals surface area contributed by atoms with Gasteiger partial charge in [0.1, 0.15) is 11.5 Å². The summed E-state index contributed by atoms with van der Waals surface area (Å²) in [5.41, 5.74) is 8.74. The summed E-state index contributed by atoms with van der Waals surface area (Å²) < 4.78 is 10.6. The Bertz CT molecular complexity index is 584. The Labute approximate surface area is 119 Å². The summed E-state index contributed by atoms with van der Waals surface area (Å²) in [7, 11) is 5.34. The van der Waals surface area contributed by atoms with Gasteiger partial charge in [0.15, 0.2) is 0 Å². The zero-order valence-electron chi connectivity index (χ0n) is 12.1. The molecule has 0 spiro atoms. The lowest BCUT2D eigenvalue weighted by molar-refractivity contribution is 0.391. The molecule has 106 valence electrons. The second-order valence-electron chi connectivity index (χ2n) is 4.63. The summed E-state index contributed by atoms with van der Waals surface area (Å²) in [5.74, 6) is 1.61. The van der Waals surface area contributed by atoms with Gasteiger partial charge in [-0.25, -0.2) is 0 Å². The third-order valence-electron chi connectivity index (χ3n) is 3.21. The summed E-state index contributed by atoms with van der Waals surface area (Å²) in [6.45, 7) is 0.733. The highest BCUT2D eigenvalue weighted by atomic mass is 16.5. The predicted molar refractivity (Wildman–Crippen MR) is 82.5 cm³/mol. The smallest absolute Gasteiger partial charge is 0.127 e. The first kappa shape index (κ1) is 14.1. The van der Waals surface area contributed by atoms with Crippen LogP contribution in [0.2, 0.25) is 0 Å². The Hall–Kier alpha value is -2.36. The molecule has 0 aliphatic heterocycles. The van der Waals surface area contributed by atoms with E-state index in [0.717, 1.165) is 35.0 Å². The van der Waals surface area contributed by atoms with E-state index in [1.165, 1.54) is 0 Å². The fourth-order valence-electron chi connectivity index (χ4n) is 2.09. The van der Waals surface area contributed by atoms with E-state index in [1.807, 2.05) is 49.5 Å². The predicted octanol–water partition coefficient (Wildman–Crippen LogP) is 2.92. The van der Waals surface area contributed by atoms with Crippen LogP contribution in [0.25, 0.3) is 0 Å². The Morgan fingerprint density at radius 1 is 1.05 bits per heavy atom. The Kier molecular flexibility index (Phi) is 4.35. The molecule has 0 fully saturated rings. The number of ether oxygens (including phenoxy) is 2. The van der Waals surface area contributed by atoms with Gasteiger partial charge in [0.2, 0.25) is 0 Å². The summed E-state index contributed by atoms with van der Waals surface area (Å²) in [6.07, 6.45) is 0. The van der Waals surface area contributed by atoms with E-state index in [2.05, 4.69) is 4.90 Å². The topological polar surface area (TPSA) is 47.7 Å². The largest absolute Gasteiger partial charge is 0.497 e. The second kappa shape index (κ2) is 6.19. The number of rotatable bonds is 5. The van der Waals surface area contributed by atoms with Crippen molar-refractivity contribution >= 4 is 11.4 Å². The molecule has 0 unspecified atom stereocenters. The third kappa shape index (κ3) is 3.15. The van der Waals surface area contributed by atoms with E-state index >= 15 is 0 Å². The molecule has 4 heteroatoms. The number of nitrogen functional groups attached to an aromatic ring is 1. The monoisotopic (exact) mass is 272 g/mol. The zero-order valence-corrected chi connectivity index (χ0v) is 12.1. The molecule has 0 saturated carbocycles. The van der Waals surface area contributed by atoms with Gasteiger partial charge in [-0.3, -0.25) is 0 Å². The standard InChI is InChI=1S/C16H20N2O2/c1-18(14-6-4-5-13(17)9-14)11-12-7-8-15(19-2)10-16(12)20-3/h4-10H,11,17H2,1-3H3. The van der Waals surface area contributed by atoms with E-state index in [0.29, 0.717) is 0 Å². The van der Waals surface area contributed by atoms with Gasteiger partial charge in [-0.05, 0) is 30.3 Å². The van der Waals surface area contributed by atoms with Crippen molar-refractivity contribution in [2.24, 2.45) is 0 Å². The number of methoxy groups -OCH3 is 2. The molecule has 0 aromatic heterocycles. The van der Waals surface area contributed by atoms with Crippen molar-refractivity contribution in [3.05, 3.63) is 48.0 Å². The molecule has 0 bridgehead atoms.